The third kappa shape index (κ3) is 4.64. The van der Waals surface area contributed by atoms with Crippen LogP contribution in [0.4, 0.5) is 0 Å². The van der Waals surface area contributed by atoms with Gasteiger partial charge in [-0.3, -0.25) is 14.5 Å². The van der Waals surface area contributed by atoms with Crippen molar-refractivity contribution in [2.45, 2.75) is 52.1 Å². The fourth-order valence-electron chi connectivity index (χ4n) is 2.27. The molecule has 0 saturated carbocycles. The van der Waals surface area contributed by atoms with Crippen molar-refractivity contribution < 1.29 is 14.7 Å². The van der Waals surface area contributed by atoms with Gasteiger partial charge in [-0.15, -0.1) is 0 Å². The molecule has 1 amide bonds. The van der Waals surface area contributed by atoms with Crippen molar-refractivity contribution >= 4 is 11.9 Å². The maximum absolute atomic E-state index is 12.0. The van der Waals surface area contributed by atoms with Crippen molar-refractivity contribution in [1.29, 1.82) is 0 Å². The molecular formula is C13H24N2O3. The van der Waals surface area contributed by atoms with Gasteiger partial charge in [0.2, 0.25) is 5.91 Å². The Kier molecular flexibility index (Phi) is 4.73. The summed E-state index contributed by atoms with van der Waals surface area (Å²) >= 11 is 0. The van der Waals surface area contributed by atoms with E-state index in [1.807, 2.05) is 27.7 Å². The van der Waals surface area contributed by atoms with Gasteiger partial charge in [0.1, 0.15) is 0 Å². The van der Waals surface area contributed by atoms with E-state index < -0.39 is 5.97 Å². The van der Waals surface area contributed by atoms with Crippen LogP contribution in [0.15, 0.2) is 0 Å². The third-order valence-corrected chi connectivity index (χ3v) is 3.21. The van der Waals surface area contributed by atoms with E-state index in [0.717, 1.165) is 13.0 Å². The predicted octanol–water partition coefficient (Wildman–Crippen LogP) is 1.09. The molecule has 5 heteroatoms. The summed E-state index contributed by atoms with van der Waals surface area (Å²) in [5, 5.41) is 11.7. The molecule has 2 unspecified atom stereocenters. The molecule has 2 atom stereocenters. The van der Waals surface area contributed by atoms with Gasteiger partial charge in [-0.1, -0.05) is 0 Å². The molecule has 0 aromatic carbocycles. The van der Waals surface area contributed by atoms with Gasteiger partial charge in [-0.25, -0.2) is 0 Å². The largest absolute Gasteiger partial charge is 0.481 e. The number of hydrogen-bond donors (Lipinski definition) is 2. The second-order valence-corrected chi connectivity index (χ2v) is 6.16. The summed E-state index contributed by atoms with van der Waals surface area (Å²) in [5.74, 6) is -0.570. The van der Waals surface area contributed by atoms with Gasteiger partial charge in [0.05, 0.1) is 6.04 Å². The quantitative estimate of drug-likeness (QED) is 0.790. The number of amides is 1. The summed E-state index contributed by atoms with van der Waals surface area (Å²) in [7, 11) is 0. The highest BCUT2D eigenvalue weighted by Gasteiger charge is 2.31. The number of rotatable bonds is 4. The highest BCUT2D eigenvalue weighted by Crippen LogP contribution is 2.21. The van der Waals surface area contributed by atoms with Crippen LogP contribution in [0.1, 0.15) is 40.5 Å². The zero-order valence-corrected chi connectivity index (χ0v) is 11.7. The summed E-state index contributed by atoms with van der Waals surface area (Å²) in [4.78, 5) is 24.7. The first-order chi connectivity index (χ1) is 8.19. The van der Waals surface area contributed by atoms with Crippen molar-refractivity contribution in [3.05, 3.63) is 0 Å². The number of carboxylic acid groups (broad SMARTS) is 1. The van der Waals surface area contributed by atoms with E-state index in [1.165, 1.54) is 0 Å². The number of nitrogens with one attached hydrogen (secondary N) is 1. The molecule has 104 valence electrons. The highest BCUT2D eigenvalue weighted by molar-refractivity contribution is 5.82. The Bertz CT molecular complexity index is 323. The minimum atomic E-state index is -0.756. The van der Waals surface area contributed by atoms with Crippen molar-refractivity contribution in [1.82, 2.24) is 10.2 Å². The Labute approximate surface area is 109 Å². The molecule has 0 radical (unpaired) electrons. The second kappa shape index (κ2) is 5.69. The van der Waals surface area contributed by atoms with Gasteiger partial charge in [0.25, 0.3) is 0 Å². The highest BCUT2D eigenvalue weighted by atomic mass is 16.4. The first-order valence-corrected chi connectivity index (χ1v) is 6.47. The first kappa shape index (κ1) is 15.0. The minimum absolute atomic E-state index is 0.0125. The van der Waals surface area contributed by atoms with Crippen LogP contribution < -0.4 is 5.32 Å². The molecule has 0 spiro atoms. The Morgan fingerprint density at radius 3 is 2.56 bits per heavy atom. The molecule has 2 N–H and O–H groups in total. The van der Waals surface area contributed by atoms with Gasteiger partial charge in [-0.2, -0.15) is 0 Å². The Morgan fingerprint density at radius 1 is 1.44 bits per heavy atom. The van der Waals surface area contributed by atoms with Gasteiger partial charge in [0, 0.05) is 18.5 Å². The molecular weight excluding hydrogens is 232 g/mol. The van der Waals surface area contributed by atoms with Crippen LogP contribution in [0.25, 0.3) is 0 Å². The second-order valence-electron chi connectivity index (χ2n) is 6.16. The predicted molar refractivity (Wildman–Crippen MR) is 69.3 cm³/mol. The third-order valence-electron chi connectivity index (χ3n) is 3.21. The topological polar surface area (TPSA) is 69.6 Å². The maximum Gasteiger partial charge on any atom is 0.303 e. The SMILES string of the molecule is CC(C(=O)NC(C)(C)C)N1CCC(CC(=O)O)C1. The summed E-state index contributed by atoms with van der Waals surface area (Å²) in [6.07, 6.45) is 1.06. The van der Waals surface area contributed by atoms with Crippen LogP contribution in [0, 0.1) is 5.92 Å². The molecule has 0 aromatic rings. The molecule has 5 nitrogen and oxygen atoms in total. The zero-order valence-electron chi connectivity index (χ0n) is 11.7. The minimum Gasteiger partial charge on any atom is -0.481 e. The maximum atomic E-state index is 12.0. The van der Waals surface area contributed by atoms with E-state index >= 15 is 0 Å². The summed E-state index contributed by atoms with van der Waals surface area (Å²) in [6, 6.07) is -0.192. The van der Waals surface area contributed by atoms with Crippen LogP contribution in [0.2, 0.25) is 0 Å². The number of carboxylic acids is 1. The summed E-state index contributed by atoms with van der Waals surface area (Å²) in [6.45, 7) is 9.24. The van der Waals surface area contributed by atoms with Crippen molar-refractivity contribution in [2.24, 2.45) is 5.92 Å². The van der Waals surface area contributed by atoms with E-state index in [4.69, 9.17) is 5.11 Å². The lowest BCUT2D eigenvalue weighted by molar-refractivity contribution is -0.138. The van der Waals surface area contributed by atoms with Crippen LogP contribution in [-0.2, 0) is 9.59 Å². The number of nitrogens with zero attached hydrogens (tertiary/aromatic N) is 1. The summed E-state index contributed by atoms with van der Waals surface area (Å²) in [5.41, 5.74) is -0.231. The molecule has 1 aliphatic heterocycles. The van der Waals surface area contributed by atoms with Crippen LogP contribution >= 0.6 is 0 Å². The molecule has 1 aliphatic rings. The van der Waals surface area contributed by atoms with E-state index in [1.54, 1.807) is 0 Å². The molecule has 0 aromatic heterocycles. The van der Waals surface area contributed by atoms with E-state index in [0.29, 0.717) is 6.54 Å². The van der Waals surface area contributed by atoms with E-state index in [-0.39, 0.29) is 29.8 Å². The molecule has 0 aliphatic carbocycles. The molecule has 0 bridgehead atoms. The molecule has 1 rings (SSSR count). The zero-order chi connectivity index (χ0) is 13.9. The average Bonchev–Trinajstić information content (AvgIpc) is 2.61. The van der Waals surface area contributed by atoms with Gasteiger partial charge >= 0.3 is 5.97 Å². The smallest absolute Gasteiger partial charge is 0.303 e. The lowest BCUT2D eigenvalue weighted by Crippen LogP contribution is -2.50. The fraction of sp³-hybridized carbons (Fsp3) is 0.846. The Balaban J connectivity index is 2.46. The van der Waals surface area contributed by atoms with E-state index in [9.17, 15) is 9.59 Å². The molecule has 18 heavy (non-hydrogen) atoms. The fourth-order valence-corrected chi connectivity index (χ4v) is 2.27. The lowest BCUT2D eigenvalue weighted by atomic mass is 10.1. The van der Waals surface area contributed by atoms with E-state index in [2.05, 4.69) is 10.2 Å². The van der Waals surface area contributed by atoms with Crippen molar-refractivity contribution in [2.75, 3.05) is 13.1 Å². The monoisotopic (exact) mass is 256 g/mol. The number of carbonyl (C=O) groups excluding carboxylic acids is 1. The molecule has 1 fully saturated rings. The molecule has 1 heterocycles. The first-order valence-electron chi connectivity index (χ1n) is 6.47. The van der Waals surface area contributed by atoms with Crippen molar-refractivity contribution in [3.8, 4) is 0 Å². The van der Waals surface area contributed by atoms with Gasteiger partial charge < -0.3 is 10.4 Å². The van der Waals surface area contributed by atoms with Crippen LogP contribution in [0.3, 0.4) is 0 Å². The number of carbonyl (C=O) groups is 2. The van der Waals surface area contributed by atoms with Crippen molar-refractivity contribution in [3.63, 3.8) is 0 Å². The number of likely N-dealkylation sites (tertiary alicyclic amines) is 1. The Hall–Kier alpha value is -1.10. The number of hydrogen-bond acceptors (Lipinski definition) is 3. The van der Waals surface area contributed by atoms with Crippen LogP contribution in [0.5, 0.6) is 0 Å². The average molecular weight is 256 g/mol. The van der Waals surface area contributed by atoms with Gasteiger partial charge in [-0.05, 0) is 46.6 Å². The molecule has 1 saturated heterocycles. The Morgan fingerprint density at radius 2 is 2.06 bits per heavy atom. The number of aliphatic carboxylic acids is 1. The normalized spacial score (nSPS) is 22.8. The van der Waals surface area contributed by atoms with Crippen LogP contribution in [-0.4, -0.2) is 46.6 Å². The summed E-state index contributed by atoms with van der Waals surface area (Å²) < 4.78 is 0. The lowest BCUT2D eigenvalue weighted by Gasteiger charge is -2.28. The van der Waals surface area contributed by atoms with Gasteiger partial charge in [0.15, 0.2) is 0 Å². The standard InChI is InChI=1S/C13H24N2O3/c1-9(12(18)14-13(2,3)4)15-6-5-10(8-15)7-11(16)17/h9-10H,5-8H2,1-4H3,(H,14,18)(H,16,17).